The van der Waals surface area contributed by atoms with Gasteiger partial charge in [0.25, 0.3) is 0 Å². The van der Waals surface area contributed by atoms with Crippen molar-refractivity contribution in [3.63, 3.8) is 0 Å². The molecule has 1 heterocycles. The molecule has 2 nitrogen and oxygen atoms in total. The Balaban J connectivity index is 2.36. The summed E-state index contributed by atoms with van der Waals surface area (Å²) in [6.45, 7) is 0. The zero-order valence-electron chi connectivity index (χ0n) is 9.81. The van der Waals surface area contributed by atoms with Crippen molar-refractivity contribution in [2.45, 2.75) is 0 Å². The molecule has 0 fully saturated rings. The summed E-state index contributed by atoms with van der Waals surface area (Å²) in [6.07, 6.45) is 1.72. The van der Waals surface area contributed by atoms with Gasteiger partial charge in [-0.25, -0.2) is 0 Å². The number of nitrogens with zero attached hydrogens (tertiary/aromatic N) is 2. The van der Waals surface area contributed by atoms with Crippen LogP contribution in [0.2, 0.25) is 0 Å². The number of halogens is 1. The fourth-order valence-corrected chi connectivity index (χ4v) is 2.70. The van der Waals surface area contributed by atoms with Gasteiger partial charge in [-0.3, -0.25) is 0 Å². The molecule has 3 heteroatoms. The Hall–Kier alpha value is -1.85. The first-order chi connectivity index (χ1) is 8.81. The summed E-state index contributed by atoms with van der Waals surface area (Å²) in [5, 5.41) is 8.97. The number of hydrogen-bond donors (Lipinski definition) is 0. The second kappa shape index (κ2) is 6.18. The summed E-state index contributed by atoms with van der Waals surface area (Å²) in [4.78, 5) is 6.32. The van der Waals surface area contributed by atoms with Gasteiger partial charge in [0.05, 0.1) is 0 Å². The van der Waals surface area contributed by atoms with Crippen LogP contribution in [0.3, 0.4) is 0 Å². The third-order valence-corrected chi connectivity index (χ3v) is 4.11. The Morgan fingerprint density at radius 2 is 1.94 bits per heavy atom. The van der Waals surface area contributed by atoms with Crippen molar-refractivity contribution in [2.24, 2.45) is 0 Å². The van der Waals surface area contributed by atoms with Crippen molar-refractivity contribution < 1.29 is 21.2 Å². The van der Waals surface area contributed by atoms with Crippen molar-refractivity contribution in [2.75, 3.05) is 4.93 Å². The van der Waals surface area contributed by atoms with Crippen molar-refractivity contribution in [1.29, 1.82) is 5.26 Å². The van der Waals surface area contributed by atoms with Crippen LogP contribution in [0, 0.1) is 26.7 Å². The zero-order valence-corrected chi connectivity index (χ0v) is 12.0. The Labute approximate surface area is 117 Å². The molecule has 2 rings (SSSR count). The van der Waals surface area contributed by atoms with E-state index >= 15 is 0 Å². The molecule has 0 aliphatic rings. The first-order valence-corrected chi connectivity index (χ1v) is 8.53. The Bertz CT molecular complexity index is 646. The Morgan fingerprint density at radius 3 is 2.61 bits per heavy atom. The molecule has 0 amide bonds. The number of benzene rings is 1. The van der Waals surface area contributed by atoms with Gasteiger partial charge in [-0.15, -0.1) is 0 Å². The van der Waals surface area contributed by atoms with Crippen LogP contribution in [-0.4, -0.2) is 9.91 Å². The van der Waals surface area contributed by atoms with E-state index in [1.54, 1.807) is 6.20 Å². The van der Waals surface area contributed by atoms with Gasteiger partial charge in [-0.05, 0) is 0 Å². The van der Waals surface area contributed by atoms with E-state index < -0.39 is 0 Å². The molecule has 0 atom stereocenters. The molecule has 0 aliphatic carbocycles. The van der Waals surface area contributed by atoms with Gasteiger partial charge in [0.15, 0.2) is 0 Å². The summed E-state index contributed by atoms with van der Waals surface area (Å²) >= 11 is -0.0314. The predicted octanol–water partition coefficient (Wildman–Crippen LogP) is -0.759. The standard InChI is InChI=1S/C15H10IN2/c1-16-14-9-12(8-13(10-14)11-17)5-6-15-4-2-3-7-18-15/h2-4,7-10H,1H3/q-1. The van der Waals surface area contributed by atoms with E-state index in [0.717, 1.165) is 11.3 Å². The van der Waals surface area contributed by atoms with Crippen LogP contribution in [-0.2, 0) is 0 Å². The normalized spacial score (nSPS) is 9.33. The number of alkyl halides is 1. The summed E-state index contributed by atoms with van der Waals surface area (Å²) in [7, 11) is 0. The first-order valence-electron chi connectivity index (χ1n) is 5.29. The number of pyridine rings is 1. The van der Waals surface area contributed by atoms with E-state index in [1.807, 2.05) is 30.3 Å². The van der Waals surface area contributed by atoms with Gasteiger partial charge in [-0.2, -0.15) is 0 Å². The molecule has 0 spiro atoms. The Kier molecular flexibility index (Phi) is 4.33. The molecule has 0 unspecified atom stereocenters. The molecule has 0 radical (unpaired) electrons. The van der Waals surface area contributed by atoms with Gasteiger partial charge >= 0.3 is 117 Å². The molecule has 0 N–H and O–H groups in total. The van der Waals surface area contributed by atoms with E-state index in [4.69, 9.17) is 5.26 Å². The summed E-state index contributed by atoms with van der Waals surface area (Å²) in [5.74, 6) is 6.07. The maximum atomic E-state index is 8.97. The molecular weight excluding hydrogens is 335 g/mol. The zero-order chi connectivity index (χ0) is 12.8. The summed E-state index contributed by atoms with van der Waals surface area (Å²) in [6, 6.07) is 13.6. The summed E-state index contributed by atoms with van der Waals surface area (Å²) < 4.78 is 1.23. The van der Waals surface area contributed by atoms with Crippen LogP contribution in [0.25, 0.3) is 0 Å². The average molecular weight is 345 g/mol. The Morgan fingerprint density at radius 1 is 1.11 bits per heavy atom. The van der Waals surface area contributed by atoms with Crippen molar-refractivity contribution in [3.8, 4) is 17.9 Å². The molecule has 0 aliphatic heterocycles. The van der Waals surface area contributed by atoms with E-state index in [-0.39, 0.29) is 21.2 Å². The molecule has 88 valence electrons. The van der Waals surface area contributed by atoms with Crippen molar-refractivity contribution in [1.82, 2.24) is 4.98 Å². The third-order valence-electron chi connectivity index (χ3n) is 2.24. The number of nitriles is 1. The van der Waals surface area contributed by atoms with Crippen LogP contribution < -0.4 is 21.2 Å². The molecule has 0 saturated carbocycles. The second-order valence-corrected chi connectivity index (χ2v) is 5.82. The van der Waals surface area contributed by atoms with Crippen molar-refractivity contribution in [3.05, 3.63) is 63.0 Å². The fourth-order valence-electron chi connectivity index (χ4n) is 1.41. The van der Waals surface area contributed by atoms with Gasteiger partial charge in [0.1, 0.15) is 0 Å². The molecule has 18 heavy (non-hydrogen) atoms. The summed E-state index contributed by atoms with van der Waals surface area (Å²) in [5.41, 5.74) is 2.31. The predicted molar refractivity (Wildman–Crippen MR) is 66.0 cm³/mol. The minimum absolute atomic E-state index is 0.0314. The maximum absolute atomic E-state index is 8.97. The monoisotopic (exact) mass is 345 g/mol. The molecule has 0 bridgehead atoms. The van der Waals surface area contributed by atoms with Gasteiger partial charge in [-0.1, -0.05) is 0 Å². The van der Waals surface area contributed by atoms with E-state index in [2.05, 4.69) is 33.9 Å². The first kappa shape index (κ1) is 12.6. The van der Waals surface area contributed by atoms with E-state index in [9.17, 15) is 0 Å². The van der Waals surface area contributed by atoms with Gasteiger partial charge in [0, 0.05) is 0 Å². The van der Waals surface area contributed by atoms with Gasteiger partial charge < -0.3 is 0 Å². The minimum atomic E-state index is -0.0314. The molecule has 1 aromatic heterocycles. The quantitative estimate of drug-likeness (QED) is 0.387. The average Bonchev–Trinajstić information content (AvgIpc) is 2.45. The molecule has 1 aromatic carbocycles. The third kappa shape index (κ3) is 3.32. The van der Waals surface area contributed by atoms with Crippen LogP contribution in [0.5, 0.6) is 0 Å². The molecule has 2 aromatic rings. The second-order valence-electron chi connectivity index (χ2n) is 3.49. The van der Waals surface area contributed by atoms with E-state index in [0.29, 0.717) is 5.56 Å². The van der Waals surface area contributed by atoms with E-state index in [1.165, 1.54) is 3.57 Å². The van der Waals surface area contributed by atoms with Crippen LogP contribution >= 0.6 is 0 Å². The number of rotatable bonds is 1. The number of hydrogen-bond acceptors (Lipinski definition) is 2. The van der Waals surface area contributed by atoms with Gasteiger partial charge in [0.2, 0.25) is 0 Å². The SMILES string of the molecule is C[I-]c1cc(C#N)cc(C#Cc2ccccn2)c1. The van der Waals surface area contributed by atoms with Crippen LogP contribution in [0.15, 0.2) is 42.6 Å². The van der Waals surface area contributed by atoms with Crippen molar-refractivity contribution >= 4 is 0 Å². The number of aromatic nitrogens is 1. The topological polar surface area (TPSA) is 36.7 Å². The van der Waals surface area contributed by atoms with Crippen LogP contribution in [0.1, 0.15) is 16.8 Å². The molecule has 0 saturated heterocycles. The molecular formula is C15H10IN2-. The fraction of sp³-hybridized carbons (Fsp3) is 0.0667. The van der Waals surface area contributed by atoms with Crippen LogP contribution in [0.4, 0.5) is 0 Å².